The van der Waals surface area contributed by atoms with Crippen molar-refractivity contribution in [1.82, 2.24) is 9.55 Å². The third kappa shape index (κ3) is 2.91. The molecule has 0 radical (unpaired) electrons. The molecule has 0 amide bonds. The minimum Gasteiger partial charge on any atom is -0.497 e. The Morgan fingerprint density at radius 3 is 2.21 bits per heavy atom. The smallest absolute Gasteiger partial charge is 0.264 e. The monoisotopic (exact) mass is 372 g/mol. The Morgan fingerprint density at radius 2 is 1.57 bits per heavy atom. The quantitative estimate of drug-likeness (QED) is 0.533. The largest absolute Gasteiger partial charge is 0.497 e. The fourth-order valence-corrected chi connectivity index (χ4v) is 3.43. The lowest BCUT2D eigenvalue weighted by Crippen LogP contribution is -2.23. The zero-order valence-electron chi connectivity index (χ0n) is 16.0. The van der Waals surface area contributed by atoms with Crippen LogP contribution in [-0.4, -0.2) is 23.8 Å². The summed E-state index contributed by atoms with van der Waals surface area (Å²) in [7, 11) is 3.19. The number of nitrogens with zero attached hydrogens (tertiary/aromatic N) is 2. The van der Waals surface area contributed by atoms with Crippen LogP contribution in [0.15, 0.2) is 71.5 Å². The molecule has 0 spiro atoms. The van der Waals surface area contributed by atoms with Crippen LogP contribution < -0.4 is 15.0 Å². The molecule has 0 unspecified atom stereocenters. The van der Waals surface area contributed by atoms with E-state index in [4.69, 9.17) is 9.47 Å². The Kier molecular flexibility index (Phi) is 4.57. The summed E-state index contributed by atoms with van der Waals surface area (Å²) in [5.74, 6) is 1.21. The molecule has 5 nitrogen and oxygen atoms in total. The van der Waals surface area contributed by atoms with Gasteiger partial charge in [0.05, 0.1) is 25.5 Å². The Hall–Kier alpha value is -3.60. The van der Waals surface area contributed by atoms with E-state index in [0.29, 0.717) is 17.1 Å². The summed E-state index contributed by atoms with van der Waals surface area (Å²) in [5, 5.41) is 0.898. The summed E-state index contributed by atoms with van der Waals surface area (Å²) in [6, 6.07) is 20.8. The lowest BCUT2D eigenvalue weighted by molar-refractivity contribution is 0.399. The molecule has 5 heteroatoms. The Labute approximate surface area is 162 Å². The van der Waals surface area contributed by atoms with Crippen LogP contribution in [0.2, 0.25) is 0 Å². The number of benzene rings is 2. The van der Waals surface area contributed by atoms with Gasteiger partial charge in [0.1, 0.15) is 5.75 Å². The van der Waals surface area contributed by atoms with Gasteiger partial charge in [0.25, 0.3) is 5.56 Å². The molecule has 2 heterocycles. The van der Waals surface area contributed by atoms with Crippen molar-refractivity contribution >= 4 is 11.0 Å². The van der Waals surface area contributed by atoms with Crippen LogP contribution in [0, 0.1) is 6.92 Å². The van der Waals surface area contributed by atoms with Gasteiger partial charge in [-0.2, -0.15) is 4.98 Å². The highest BCUT2D eigenvalue weighted by molar-refractivity contribution is 5.88. The molecule has 0 bridgehead atoms. The second kappa shape index (κ2) is 7.19. The highest BCUT2D eigenvalue weighted by Crippen LogP contribution is 2.29. The van der Waals surface area contributed by atoms with E-state index < -0.39 is 0 Å². The van der Waals surface area contributed by atoms with Gasteiger partial charge in [-0.3, -0.25) is 9.36 Å². The maximum absolute atomic E-state index is 13.6. The van der Waals surface area contributed by atoms with Gasteiger partial charge in [-0.25, -0.2) is 0 Å². The predicted octanol–water partition coefficient (Wildman–Crippen LogP) is 4.38. The van der Waals surface area contributed by atoms with Crippen molar-refractivity contribution < 1.29 is 9.47 Å². The first-order chi connectivity index (χ1) is 13.6. The zero-order chi connectivity index (χ0) is 19.7. The van der Waals surface area contributed by atoms with Crippen molar-refractivity contribution in [2.75, 3.05) is 14.2 Å². The van der Waals surface area contributed by atoms with E-state index in [1.807, 2.05) is 73.7 Å². The number of aryl methyl sites for hydroxylation is 1. The molecule has 0 fully saturated rings. The van der Waals surface area contributed by atoms with E-state index in [0.717, 1.165) is 28.0 Å². The number of ether oxygens (including phenoxy) is 2. The average molecular weight is 372 g/mol. The maximum atomic E-state index is 13.6. The molecular weight excluding hydrogens is 352 g/mol. The Morgan fingerprint density at radius 1 is 0.857 bits per heavy atom. The van der Waals surface area contributed by atoms with Crippen molar-refractivity contribution in [2.24, 2.45) is 0 Å². The topological polar surface area (TPSA) is 53.4 Å². The summed E-state index contributed by atoms with van der Waals surface area (Å²) in [5.41, 5.74) is 3.57. The molecule has 0 aliphatic heterocycles. The van der Waals surface area contributed by atoms with Crippen molar-refractivity contribution in [2.45, 2.75) is 6.92 Å². The lowest BCUT2D eigenvalue weighted by atomic mass is 9.99. The van der Waals surface area contributed by atoms with Crippen LogP contribution in [0.25, 0.3) is 27.8 Å². The minimum absolute atomic E-state index is 0.123. The molecule has 140 valence electrons. The molecule has 0 atom stereocenters. The van der Waals surface area contributed by atoms with Crippen molar-refractivity contribution in [1.29, 1.82) is 0 Å². The van der Waals surface area contributed by atoms with Crippen molar-refractivity contribution in [3.63, 3.8) is 0 Å². The van der Waals surface area contributed by atoms with Gasteiger partial charge in [0, 0.05) is 11.5 Å². The van der Waals surface area contributed by atoms with Gasteiger partial charge in [0.15, 0.2) is 5.65 Å². The van der Waals surface area contributed by atoms with Gasteiger partial charge < -0.3 is 9.47 Å². The van der Waals surface area contributed by atoms with Crippen LogP contribution in [0.4, 0.5) is 0 Å². The number of hydrogen-bond acceptors (Lipinski definition) is 4. The van der Waals surface area contributed by atoms with Gasteiger partial charge in [-0.05, 0) is 48.4 Å². The molecule has 0 saturated carbocycles. The second-order valence-corrected chi connectivity index (χ2v) is 6.43. The fourth-order valence-electron chi connectivity index (χ4n) is 3.43. The third-order valence-corrected chi connectivity index (χ3v) is 4.86. The van der Waals surface area contributed by atoms with Crippen LogP contribution in [0.3, 0.4) is 0 Å². The molecule has 2 aromatic carbocycles. The number of rotatable bonds is 4. The van der Waals surface area contributed by atoms with E-state index >= 15 is 0 Å². The molecule has 0 saturated heterocycles. The number of fused-ring (bicyclic) bond motifs is 1. The molecule has 4 rings (SSSR count). The maximum Gasteiger partial charge on any atom is 0.264 e. The zero-order valence-corrected chi connectivity index (χ0v) is 16.0. The molecule has 28 heavy (non-hydrogen) atoms. The predicted molar refractivity (Wildman–Crippen MR) is 111 cm³/mol. The number of para-hydroxylation sites is 1. The summed E-state index contributed by atoms with van der Waals surface area (Å²) >= 11 is 0. The molecule has 4 aromatic rings. The Balaban J connectivity index is 2.10. The van der Waals surface area contributed by atoms with Crippen molar-refractivity contribution in [3.8, 4) is 28.4 Å². The highest BCUT2D eigenvalue weighted by Gasteiger charge is 2.18. The van der Waals surface area contributed by atoms with E-state index in [9.17, 15) is 4.79 Å². The van der Waals surface area contributed by atoms with E-state index in [1.54, 1.807) is 18.8 Å². The van der Waals surface area contributed by atoms with Crippen LogP contribution in [0.5, 0.6) is 11.6 Å². The molecular formula is C23H20N2O3. The van der Waals surface area contributed by atoms with Gasteiger partial charge in [-0.15, -0.1) is 0 Å². The average Bonchev–Trinajstić information content (AvgIpc) is 2.74. The first kappa shape index (κ1) is 17.8. The highest BCUT2D eigenvalue weighted by atomic mass is 16.5. The first-order valence-corrected chi connectivity index (χ1v) is 8.94. The summed E-state index contributed by atoms with van der Waals surface area (Å²) < 4.78 is 12.2. The molecule has 0 N–H and O–H groups in total. The van der Waals surface area contributed by atoms with Crippen molar-refractivity contribution in [3.05, 3.63) is 82.6 Å². The number of pyridine rings is 2. The second-order valence-electron chi connectivity index (χ2n) is 6.43. The number of methoxy groups -OCH3 is 2. The summed E-state index contributed by atoms with van der Waals surface area (Å²) in [6.45, 7) is 1.95. The number of hydrogen-bond donors (Lipinski definition) is 0. The van der Waals surface area contributed by atoms with E-state index in [1.165, 1.54) is 0 Å². The van der Waals surface area contributed by atoms with Crippen LogP contribution in [0.1, 0.15) is 5.56 Å². The Bertz CT molecular complexity index is 1200. The van der Waals surface area contributed by atoms with Gasteiger partial charge in [-0.1, -0.05) is 30.3 Å². The third-order valence-electron chi connectivity index (χ3n) is 4.86. The van der Waals surface area contributed by atoms with Crippen LogP contribution >= 0.6 is 0 Å². The SMILES string of the molecule is COc1ccc(-c2c(C)c3ccc(OC)nc3n(-c3ccccc3)c2=O)cc1. The van der Waals surface area contributed by atoms with Crippen LogP contribution in [-0.2, 0) is 0 Å². The first-order valence-electron chi connectivity index (χ1n) is 8.94. The molecule has 0 aliphatic rings. The lowest BCUT2D eigenvalue weighted by Gasteiger charge is -2.16. The van der Waals surface area contributed by atoms with Gasteiger partial charge in [0.2, 0.25) is 5.88 Å². The number of aromatic nitrogens is 2. The van der Waals surface area contributed by atoms with E-state index in [2.05, 4.69) is 4.98 Å². The minimum atomic E-state index is -0.123. The fraction of sp³-hybridized carbons (Fsp3) is 0.130. The molecule has 2 aromatic heterocycles. The summed E-state index contributed by atoms with van der Waals surface area (Å²) in [4.78, 5) is 18.2. The summed E-state index contributed by atoms with van der Waals surface area (Å²) in [6.07, 6.45) is 0. The van der Waals surface area contributed by atoms with E-state index in [-0.39, 0.29) is 5.56 Å². The molecule has 0 aliphatic carbocycles. The standard InChI is InChI=1S/C23H20N2O3/c1-15-19-13-14-20(28-3)24-22(19)25(17-7-5-4-6-8-17)23(26)21(15)16-9-11-18(27-2)12-10-16/h4-14H,1-3H3. The van der Waals surface area contributed by atoms with Gasteiger partial charge >= 0.3 is 0 Å². The normalized spacial score (nSPS) is 10.8.